The van der Waals surface area contributed by atoms with Gasteiger partial charge in [0.15, 0.2) is 0 Å². The lowest BCUT2D eigenvalue weighted by molar-refractivity contribution is -0.147. The van der Waals surface area contributed by atoms with Gasteiger partial charge in [0.1, 0.15) is 0 Å². The van der Waals surface area contributed by atoms with Gasteiger partial charge in [0.2, 0.25) is 5.91 Å². The largest absolute Gasteiger partial charge is 0.401 e. The number of hydrogen-bond donors (Lipinski definition) is 2. The standard InChI is InChI=1S/C22H20F3N5O/c23-22(24,25)14-30-8-6-15-9-19(3-1-17(15)13-30)29-21(31)4-2-16-10-26-7-5-20(16)18-11-27-28-12-18/h1-5,7,9-12H,6,8,13-14H2,(H,27,28)(H,29,31)/b4-2+. The predicted octanol–water partition coefficient (Wildman–Crippen LogP) is 4.04. The number of anilines is 1. The molecule has 160 valence electrons. The average Bonchev–Trinajstić information content (AvgIpc) is 3.26. The van der Waals surface area contributed by atoms with Crippen molar-refractivity contribution < 1.29 is 18.0 Å². The van der Waals surface area contributed by atoms with E-state index in [-0.39, 0.29) is 12.5 Å². The van der Waals surface area contributed by atoms with Gasteiger partial charge >= 0.3 is 6.18 Å². The number of alkyl halides is 3. The van der Waals surface area contributed by atoms with Crippen LogP contribution in [0.15, 0.2) is 55.1 Å². The van der Waals surface area contributed by atoms with Crippen LogP contribution in [0.25, 0.3) is 17.2 Å². The fourth-order valence-corrected chi connectivity index (χ4v) is 3.63. The molecule has 3 heterocycles. The van der Waals surface area contributed by atoms with Crippen molar-refractivity contribution in [2.24, 2.45) is 0 Å². The molecule has 1 aliphatic heterocycles. The Hall–Kier alpha value is -3.46. The highest BCUT2D eigenvalue weighted by Gasteiger charge is 2.32. The van der Waals surface area contributed by atoms with E-state index in [2.05, 4.69) is 20.5 Å². The van der Waals surface area contributed by atoms with Gasteiger partial charge in [-0.1, -0.05) is 6.07 Å². The van der Waals surface area contributed by atoms with Gasteiger partial charge < -0.3 is 5.32 Å². The van der Waals surface area contributed by atoms with Crippen molar-refractivity contribution in [1.29, 1.82) is 0 Å². The van der Waals surface area contributed by atoms with E-state index in [1.54, 1.807) is 43.0 Å². The van der Waals surface area contributed by atoms with Gasteiger partial charge in [0, 0.05) is 54.6 Å². The summed E-state index contributed by atoms with van der Waals surface area (Å²) in [5.41, 5.74) is 4.97. The fraction of sp³-hybridized carbons (Fsp3) is 0.227. The lowest BCUT2D eigenvalue weighted by Crippen LogP contribution is -2.37. The molecule has 0 bridgehead atoms. The van der Waals surface area contributed by atoms with E-state index in [1.165, 1.54) is 11.0 Å². The zero-order chi connectivity index (χ0) is 21.8. The number of hydrogen-bond acceptors (Lipinski definition) is 4. The van der Waals surface area contributed by atoms with Crippen LogP contribution in [-0.4, -0.2) is 45.3 Å². The van der Waals surface area contributed by atoms with Crippen LogP contribution in [0.3, 0.4) is 0 Å². The van der Waals surface area contributed by atoms with Crippen molar-refractivity contribution in [2.75, 3.05) is 18.4 Å². The fourth-order valence-electron chi connectivity index (χ4n) is 3.63. The van der Waals surface area contributed by atoms with Crippen LogP contribution < -0.4 is 5.32 Å². The minimum absolute atomic E-state index is 0.251. The molecule has 0 fully saturated rings. The lowest BCUT2D eigenvalue weighted by Gasteiger charge is -2.29. The number of carbonyl (C=O) groups is 1. The van der Waals surface area contributed by atoms with Crippen LogP contribution in [0.1, 0.15) is 16.7 Å². The second-order valence-electron chi connectivity index (χ2n) is 7.33. The number of fused-ring (bicyclic) bond motifs is 1. The number of aromatic nitrogens is 3. The number of carbonyl (C=O) groups excluding carboxylic acids is 1. The van der Waals surface area contributed by atoms with E-state index in [0.717, 1.165) is 27.8 Å². The molecule has 0 saturated carbocycles. The average molecular weight is 427 g/mol. The summed E-state index contributed by atoms with van der Waals surface area (Å²) in [7, 11) is 0. The number of nitrogens with one attached hydrogen (secondary N) is 2. The summed E-state index contributed by atoms with van der Waals surface area (Å²) in [4.78, 5) is 17.9. The molecule has 0 unspecified atom stereocenters. The van der Waals surface area contributed by atoms with Crippen molar-refractivity contribution in [1.82, 2.24) is 20.1 Å². The number of rotatable bonds is 5. The Labute approximate surface area is 176 Å². The summed E-state index contributed by atoms with van der Waals surface area (Å²) in [5, 5.41) is 9.51. The zero-order valence-electron chi connectivity index (χ0n) is 16.5. The monoisotopic (exact) mass is 427 g/mol. The first-order chi connectivity index (χ1) is 14.9. The van der Waals surface area contributed by atoms with E-state index >= 15 is 0 Å². The molecule has 1 aliphatic rings. The first-order valence-corrected chi connectivity index (χ1v) is 9.70. The summed E-state index contributed by atoms with van der Waals surface area (Å²) in [6.07, 6.45) is 6.19. The number of pyridine rings is 1. The van der Waals surface area contributed by atoms with Crippen LogP contribution in [-0.2, 0) is 17.8 Å². The second kappa shape index (κ2) is 8.73. The Morgan fingerprint density at radius 1 is 1.23 bits per heavy atom. The lowest BCUT2D eigenvalue weighted by atomic mass is 9.99. The molecule has 0 saturated heterocycles. The number of H-pyrrole nitrogens is 1. The van der Waals surface area contributed by atoms with E-state index in [1.807, 2.05) is 12.1 Å². The smallest absolute Gasteiger partial charge is 0.323 e. The number of benzene rings is 1. The highest BCUT2D eigenvalue weighted by atomic mass is 19.4. The van der Waals surface area contributed by atoms with Crippen LogP contribution in [0.5, 0.6) is 0 Å². The van der Waals surface area contributed by atoms with Crippen LogP contribution in [0, 0.1) is 0 Å². The van der Waals surface area contributed by atoms with Gasteiger partial charge in [-0.3, -0.25) is 19.8 Å². The summed E-state index contributed by atoms with van der Waals surface area (Å²) < 4.78 is 37.9. The molecular weight excluding hydrogens is 407 g/mol. The molecule has 31 heavy (non-hydrogen) atoms. The van der Waals surface area contributed by atoms with Crippen LogP contribution >= 0.6 is 0 Å². The summed E-state index contributed by atoms with van der Waals surface area (Å²) in [5.74, 6) is -0.309. The highest BCUT2D eigenvalue weighted by Crippen LogP contribution is 2.26. The maximum atomic E-state index is 12.6. The zero-order valence-corrected chi connectivity index (χ0v) is 16.5. The van der Waals surface area contributed by atoms with E-state index < -0.39 is 12.7 Å². The molecule has 1 amide bonds. The van der Waals surface area contributed by atoms with E-state index in [9.17, 15) is 18.0 Å². The van der Waals surface area contributed by atoms with Crippen molar-refractivity contribution >= 4 is 17.7 Å². The normalized spacial score (nSPS) is 14.5. The van der Waals surface area contributed by atoms with Crippen LogP contribution in [0.2, 0.25) is 0 Å². The van der Waals surface area contributed by atoms with Crippen molar-refractivity contribution in [3.8, 4) is 11.1 Å². The Morgan fingerprint density at radius 3 is 2.87 bits per heavy atom. The number of aromatic amines is 1. The quantitative estimate of drug-likeness (QED) is 0.603. The third-order valence-corrected chi connectivity index (χ3v) is 5.04. The molecule has 1 aromatic carbocycles. The van der Waals surface area contributed by atoms with Crippen molar-refractivity contribution in [3.63, 3.8) is 0 Å². The SMILES string of the molecule is O=C(/C=C/c1cnccc1-c1cn[nH]c1)Nc1ccc2c(c1)CCN(CC(F)(F)F)C2. The van der Waals surface area contributed by atoms with E-state index in [0.29, 0.717) is 18.7 Å². The molecular formula is C22H20F3N5O. The molecule has 9 heteroatoms. The number of amides is 1. The summed E-state index contributed by atoms with van der Waals surface area (Å²) in [6, 6.07) is 7.15. The molecule has 0 aliphatic carbocycles. The Bertz CT molecular complexity index is 1090. The predicted molar refractivity (Wildman–Crippen MR) is 111 cm³/mol. The Morgan fingerprint density at radius 2 is 2.10 bits per heavy atom. The maximum absolute atomic E-state index is 12.6. The minimum Gasteiger partial charge on any atom is -0.323 e. The van der Waals surface area contributed by atoms with Crippen molar-refractivity contribution in [2.45, 2.75) is 19.1 Å². The summed E-state index contributed by atoms with van der Waals surface area (Å²) in [6.45, 7) is -0.326. The minimum atomic E-state index is -4.20. The van der Waals surface area contributed by atoms with Gasteiger partial charge in [-0.05, 0) is 47.4 Å². The summed E-state index contributed by atoms with van der Waals surface area (Å²) >= 11 is 0. The molecule has 4 rings (SSSR count). The Balaban J connectivity index is 1.41. The molecule has 2 aromatic heterocycles. The highest BCUT2D eigenvalue weighted by molar-refractivity contribution is 6.02. The molecule has 2 N–H and O–H groups in total. The van der Waals surface area contributed by atoms with E-state index in [4.69, 9.17) is 0 Å². The van der Waals surface area contributed by atoms with Crippen molar-refractivity contribution in [3.05, 3.63) is 71.8 Å². The number of halogens is 3. The first-order valence-electron chi connectivity index (χ1n) is 9.70. The number of nitrogens with zero attached hydrogens (tertiary/aromatic N) is 3. The molecule has 0 atom stereocenters. The van der Waals surface area contributed by atoms with Gasteiger partial charge in [-0.15, -0.1) is 0 Å². The topological polar surface area (TPSA) is 73.9 Å². The molecule has 0 spiro atoms. The molecule has 6 nitrogen and oxygen atoms in total. The van der Waals surface area contributed by atoms with Gasteiger partial charge in [-0.25, -0.2) is 0 Å². The Kier molecular flexibility index (Phi) is 5.85. The first kappa shape index (κ1) is 20.8. The molecule has 0 radical (unpaired) electrons. The maximum Gasteiger partial charge on any atom is 0.401 e. The van der Waals surface area contributed by atoms with Crippen LogP contribution in [0.4, 0.5) is 18.9 Å². The van der Waals surface area contributed by atoms with Gasteiger partial charge in [-0.2, -0.15) is 18.3 Å². The molecule has 3 aromatic rings. The van der Waals surface area contributed by atoms with Gasteiger partial charge in [0.05, 0.1) is 12.7 Å². The third-order valence-electron chi connectivity index (χ3n) is 5.04. The second-order valence-corrected chi connectivity index (χ2v) is 7.33. The van der Waals surface area contributed by atoms with Gasteiger partial charge in [0.25, 0.3) is 0 Å². The third kappa shape index (κ3) is 5.37.